The Labute approximate surface area is 239 Å². The lowest BCUT2D eigenvalue weighted by Gasteiger charge is -2.11. The SMILES string of the molecule is CCCCC/C=C\C/C=C\CCCCCCCCOC(O)CCCCCCC/C=C\C/C=C\CCCCC. The van der Waals surface area contributed by atoms with Gasteiger partial charge in [0.05, 0.1) is 0 Å². The molecule has 0 rings (SSSR count). The molecule has 1 N–H and O–H groups in total. The molecular formula is C36H66O2. The number of allylic oxidation sites excluding steroid dienone is 8. The smallest absolute Gasteiger partial charge is 0.154 e. The molecule has 1 atom stereocenters. The fourth-order valence-electron chi connectivity index (χ4n) is 4.52. The van der Waals surface area contributed by atoms with E-state index in [1.807, 2.05) is 0 Å². The highest BCUT2D eigenvalue weighted by molar-refractivity contribution is 4.93. The fourth-order valence-corrected chi connectivity index (χ4v) is 4.52. The van der Waals surface area contributed by atoms with Gasteiger partial charge >= 0.3 is 0 Å². The van der Waals surface area contributed by atoms with E-state index in [1.54, 1.807) is 0 Å². The topological polar surface area (TPSA) is 29.5 Å². The summed E-state index contributed by atoms with van der Waals surface area (Å²) in [4.78, 5) is 0. The van der Waals surface area contributed by atoms with E-state index in [4.69, 9.17) is 4.74 Å². The maximum Gasteiger partial charge on any atom is 0.154 e. The van der Waals surface area contributed by atoms with Crippen LogP contribution in [0.5, 0.6) is 0 Å². The predicted molar refractivity (Wildman–Crippen MR) is 171 cm³/mol. The number of hydrogen-bond donors (Lipinski definition) is 1. The van der Waals surface area contributed by atoms with E-state index in [1.165, 1.54) is 122 Å². The van der Waals surface area contributed by atoms with E-state index in [-0.39, 0.29) is 0 Å². The second kappa shape index (κ2) is 33.9. The molecule has 0 heterocycles. The van der Waals surface area contributed by atoms with Crippen molar-refractivity contribution in [1.82, 2.24) is 0 Å². The van der Waals surface area contributed by atoms with Crippen molar-refractivity contribution in [2.24, 2.45) is 0 Å². The molecule has 38 heavy (non-hydrogen) atoms. The molecule has 0 aliphatic carbocycles. The maximum absolute atomic E-state index is 10.0. The van der Waals surface area contributed by atoms with Crippen molar-refractivity contribution in [2.75, 3.05) is 6.61 Å². The van der Waals surface area contributed by atoms with Gasteiger partial charge in [-0.25, -0.2) is 0 Å². The fraction of sp³-hybridized carbons (Fsp3) is 0.778. The van der Waals surface area contributed by atoms with Crippen LogP contribution in [0.15, 0.2) is 48.6 Å². The number of ether oxygens (including phenoxy) is 1. The molecule has 2 nitrogen and oxygen atoms in total. The van der Waals surface area contributed by atoms with Crippen LogP contribution in [0, 0.1) is 0 Å². The van der Waals surface area contributed by atoms with Crippen LogP contribution in [-0.4, -0.2) is 18.0 Å². The second-order valence-corrected chi connectivity index (χ2v) is 10.9. The maximum atomic E-state index is 10.0. The van der Waals surface area contributed by atoms with E-state index in [2.05, 4.69) is 62.5 Å². The highest BCUT2D eigenvalue weighted by Crippen LogP contribution is 2.12. The Bertz CT molecular complexity index is 546. The van der Waals surface area contributed by atoms with Crippen molar-refractivity contribution in [3.05, 3.63) is 48.6 Å². The molecule has 222 valence electrons. The summed E-state index contributed by atoms with van der Waals surface area (Å²) in [5.74, 6) is 0. The van der Waals surface area contributed by atoms with Crippen molar-refractivity contribution in [2.45, 2.75) is 174 Å². The van der Waals surface area contributed by atoms with Gasteiger partial charge in [-0.1, -0.05) is 133 Å². The van der Waals surface area contributed by atoms with Crippen molar-refractivity contribution in [1.29, 1.82) is 0 Å². The lowest BCUT2D eigenvalue weighted by atomic mass is 10.1. The zero-order valence-corrected chi connectivity index (χ0v) is 25.7. The summed E-state index contributed by atoms with van der Waals surface area (Å²) in [6.45, 7) is 5.22. The molecule has 2 heteroatoms. The van der Waals surface area contributed by atoms with Crippen molar-refractivity contribution in [3.63, 3.8) is 0 Å². The minimum Gasteiger partial charge on any atom is -0.368 e. The van der Waals surface area contributed by atoms with Gasteiger partial charge in [-0.2, -0.15) is 0 Å². The van der Waals surface area contributed by atoms with Gasteiger partial charge in [-0.05, 0) is 83.5 Å². The molecule has 0 fully saturated rings. The molecule has 0 aromatic carbocycles. The largest absolute Gasteiger partial charge is 0.368 e. The molecule has 1 unspecified atom stereocenters. The molecule has 0 saturated carbocycles. The van der Waals surface area contributed by atoms with E-state index in [0.29, 0.717) is 6.61 Å². The first-order chi connectivity index (χ1) is 18.8. The molecule has 0 bridgehead atoms. The molecule has 0 amide bonds. The van der Waals surface area contributed by atoms with Crippen LogP contribution in [0.3, 0.4) is 0 Å². The van der Waals surface area contributed by atoms with Crippen molar-refractivity contribution < 1.29 is 9.84 Å². The van der Waals surface area contributed by atoms with E-state index >= 15 is 0 Å². The first-order valence-electron chi connectivity index (χ1n) is 16.7. The van der Waals surface area contributed by atoms with Gasteiger partial charge in [0.15, 0.2) is 6.29 Å². The summed E-state index contributed by atoms with van der Waals surface area (Å²) in [7, 11) is 0. The molecule has 0 aliphatic rings. The quantitative estimate of drug-likeness (QED) is 0.0568. The van der Waals surface area contributed by atoms with E-state index in [9.17, 15) is 5.11 Å². The molecule has 0 aromatic rings. The van der Waals surface area contributed by atoms with Crippen LogP contribution < -0.4 is 0 Å². The molecule has 0 aliphatic heterocycles. The molecule has 0 radical (unpaired) electrons. The van der Waals surface area contributed by atoms with Gasteiger partial charge in [0.2, 0.25) is 0 Å². The molecular weight excluding hydrogens is 464 g/mol. The number of rotatable bonds is 30. The number of aliphatic hydroxyl groups excluding tert-OH is 1. The van der Waals surface area contributed by atoms with Gasteiger partial charge in [0.25, 0.3) is 0 Å². The third kappa shape index (κ3) is 32.9. The Balaban J connectivity index is 3.29. The average Bonchev–Trinajstić information content (AvgIpc) is 2.92. The molecule has 0 saturated heterocycles. The standard InChI is InChI=1S/C36H66O2/c1-3-5-7-9-11-13-15-17-19-21-23-25-27-29-31-33-35-38-36(37)34-32-30-28-26-24-22-20-18-16-14-12-10-8-6-4-2/h11-14,17-20,36-37H,3-10,15-16,21-35H2,1-2H3/b13-11-,14-12-,19-17-,20-18-. The minimum atomic E-state index is -0.564. The average molecular weight is 531 g/mol. The zero-order valence-electron chi connectivity index (χ0n) is 25.7. The third-order valence-corrected chi connectivity index (χ3v) is 7.06. The summed E-state index contributed by atoms with van der Waals surface area (Å²) in [5.41, 5.74) is 0. The van der Waals surface area contributed by atoms with Gasteiger partial charge in [-0.15, -0.1) is 0 Å². The summed E-state index contributed by atoms with van der Waals surface area (Å²) < 4.78 is 5.61. The van der Waals surface area contributed by atoms with Crippen molar-refractivity contribution >= 4 is 0 Å². The molecule has 0 aromatic heterocycles. The Morgan fingerprint density at radius 1 is 0.447 bits per heavy atom. The monoisotopic (exact) mass is 531 g/mol. The van der Waals surface area contributed by atoms with Gasteiger partial charge < -0.3 is 9.84 Å². The highest BCUT2D eigenvalue weighted by atomic mass is 16.6. The highest BCUT2D eigenvalue weighted by Gasteiger charge is 2.03. The van der Waals surface area contributed by atoms with Crippen LogP contribution in [0.1, 0.15) is 168 Å². The van der Waals surface area contributed by atoms with Gasteiger partial charge in [-0.3, -0.25) is 0 Å². The second-order valence-electron chi connectivity index (χ2n) is 10.9. The number of unbranched alkanes of at least 4 members (excludes halogenated alkanes) is 17. The summed E-state index contributed by atoms with van der Waals surface area (Å²) >= 11 is 0. The normalized spacial score (nSPS) is 13.2. The van der Waals surface area contributed by atoms with Crippen LogP contribution >= 0.6 is 0 Å². The van der Waals surface area contributed by atoms with E-state index < -0.39 is 6.29 Å². The first kappa shape index (κ1) is 36.9. The summed E-state index contributed by atoms with van der Waals surface area (Å²) in [5, 5.41) is 10.0. The number of aliphatic hydroxyl groups is 1. The Hall–Kier alpha value is -1.12. The Morgan fingerprint density at radius 2 is 0.816 bits per heavy atom. The lowest BCUT2D eigenvalue weighted by Crippen LogP contribution is -2.12. The molecule has 0 spiro atoms. The van der Waals surface area contributed by atoms with Crippen LogP contribution in [0.4, 0.5) is 0 Å². The Morgan fingerprint density at radius 3 is 1.26 bits per heavy atom. The summed E-state index contributed by atoms with van der Waals surface area (Å²) in [6, 6.07) is 0. The van der Waals surface area contributed by atoms with Crippen LogP contribution in [-0.2, 0) is 4.74 Å². The lowest BCUT2D eigenvalue weighted by molar-refractivity contribution is -0.105. The zero-order chi connectivity index (χ0) is 27.6. The number of hydrogen-bond acceptors (Lipinski definition) is 2. The third-order valence-electron chi connectivity index (χ3n) is 7.06. The predicted octanol–water partition coefficient (Wildman–Crippen LogP) is 11.9. The first-order valence-corrected chi connectivity index (χ1v) is 16.7. The minimum absolute atomic E-state index is 0.564. The van der Waals surface area contributed by atoms with E-state index in [0.717, 1.165) is 32.1 Å². The van der Waals surface area contributed by atoms with Crippen LogP contribution in [0.2, 0.25) is 0 Å². The van der Waals surface area contributed by atoms with Gasteiger partial charge in [0.1, 0.15) is 0 Å². The summed E-state index contributed by atoms with van der Waals surface area (Å²) in [6.07, 6.45) is 47.5. The van der Waals surface area contributed by atoms with Gasteiger partial charge in [0, 0.05) is 6.61 Å². The van der Waals surface area contributed by atoms with Crippen molar-refractivity contribution in [3.8, 4) is 0 Å². The van der Waals surface area contributed by atoms with Crippen LogP contribution in [0.25, 0.3) is 0 Å². The Kier molecular flexibility index (Phi) is 32.9.